The topological polar surface area (TPSA) is 36.9 Å². The Hall–Kier alpha value is -2.18. The lowest BCUT2D eigenvalue weighted by atomic mass is 9.94. The van der Waals surface area contributed by atoms with E-state index >= 15 is 0 Å². The summed E-state index contributed by atoms with van der Waals surface area (Å²) in [4.78, 5) is 0. The van der Waals surface area contributed by atoms with Crippen LogP contribution in [0.25, 0.3) is 22.3 Å². The Balaban J connectivity index is 2.08. The summed E-state index contributed by atoms with van der Waals surface area (Å²) >= 11 is 7.68. The van der Waals surface area contributed by atoms with E-state index in [1.165, 1.54) is 77.0 Å². The van der Waals surface area contributed by atoms with Crippen LogP contribution in [0.15, 0.2) is 57.5 Å². The SMILES string of the molecule is CCCCC(CC)COc1ccc(-c2cc(Br)c(Br)cc2-c2ccc(OCC(CC)CCCC)c(OCC(CC)CCCC)c2)cc1OCC(CC)CCCC. The summed E-state index contributed by atoms with van der Waals surface area (Å²) in [6, 6.07) is 17.5. The molecule has 0 heterocycles. The molecule has 4 atom stereocenters. The fraction of sp³-hybridized carbons (Fsp3) is 0.640. The van der Waals surface area contributed by atoms with Gasteiger partial charge in [-0.2, -0.15) is 0 Å². The number of unbranched alkanes of at least 4 members (excludes halogenated alkanes) is 4. The Bertz CT molecular complexity index is 1410. The molecule has 0 aromatic heterocycles. The van der Waals surface area contributed by atoms with Crippen molar-refractivity contribution in [2.24, 2.45) is 23.7 Å². The Morgan fingerprint density at radius 2 is 0.679 bits per heavy atom. The molecule has 0 aliphatic heterocycles. The van der Waals surface area contributed by atoms with Gasteiger partial charge in [0.15, 0.2) is 23.0 Å². The van der Waals surface area contributed by atoms with E-state index in [2.05, 4.69) is 136 Å². The molecule has 0 fully saturated rings. The molecule has 6 heteroatoms. The molecule has 0 saturated heterocycles. The van der Waals surface area contributed by atoms with E-state index in [0.29, 0.717) is 50.1 Å². The average molecular weight is 901 g/mol. The highest BCUT2D eigenvalue weighted by Crippen LogP contribution is 2.44. The van der Waals surface area contributed by atoms with Crippen LogP contribution in [0, 0.1) is 23.7 Å². The van der Waals surface area contributed by atoms with Gasteiger partial charge in [0.05, 0.1) is 26.4 Å². The molecule has 0 aliphatic carbocycles. The van der Waals surface area contributed by atoms with Gasteiger partial charge in [-0.3, -0.25) is 0 Å². The van der Waals surface area contributed by atoms with Gasteiger partial charge in [-0.05, 0) is 140 Å². The highest BCUT2D eigenvalue weighted by atomic mass is 79.9. The number of hydrogen-bond donors (Lipinski definition) is 0. The van der Waals surface area contributed by atoms with Crippen LogP contribution in [-0.4, -0.2) is 26.4 Å². The van der Waals surface area contributed by atoms with Crippen molar-refractivity contribution in [2.45, 2.75) is 158 Å². The second kappa shape index (κ2) is 27.5. The van der Waals surface area contributed by atoms with Crippen molar-refractivity contribution < 1.29 is 18.9 Å². The molecule has 4 unspecified atom stereocenters. The van der Waals surface area contributed by atoms with Crippen LogP contribution < -0.4 is 18.9 Å². The highest BCUT2D eigenvalue weighted by molar-refractivity contribution is 9.13. The summed E-state index contributed by atoms with van der Waals surface area (Å²) in [6.07, 6.45) is 18.9. The van der Waals surface area contributed by atoms with E-state index in [-0.39, 0.29) is 0 Å². The zero-order valence-corrected chi connectivity index (χ0v) is 39.6. The number of benzene rings is 3. The Morgan fingerprint density at radius 1 is 0.393 bits per heavy atom. The lowest BCUT2D eigenvalue weighted by molar-refractivity contribution is 0.199. The summed E-state index contributed by atoms with van der Waals surface area (Å²) in [5.74, 6) is 5.43. The molecule has 56 heavy (non-hydrogen) atoms. The zero-order chi connectivity index (χ0) is 40.7. The molecule has 0 amide bonds. The number of hydrogen-bond acceptors (Lipinski definition) is 4. The van der Waals surface area contributed by atoms with Crippen LogP contribution in [-0.2, 0) is 0 Å². The molecule has 0 spiro atoms. The molecular formula is C50H76Br2O4. The first kappa shape index (κ1) is 48.2. The van der Waals surface area contributed by atoms with Crippen LogP contribution in [0.5, 0.6) is 23.0 Å². The van der Waals surface area contributed by atoms with Crippen LogP contribution in [0.2, 0.25) is 0 Å². The molecule has 0 bridgehead atoms. The molecule has 0 saturated carbocycles. The lowest BCUT2D eigenvalue weighted by Gasteiger charge is -2.22. The maximum atomic E-state index is 6.72. The maximum Gasteiger partial charge on any atom is 0.161 e. The van der Waals surface area contributed by atoms with Gasteiger partial charge in [0.2, 0.25) is 0 Å². The van der Waals surface area contributed by atoms with E-state index in [9.17, 15) is 0 Å². The van der Waals surface area contributed by atoms with Gasteiger partial charge in [-0.25, -0.2) is 0 Å². The van der Waals surface area contributed by atoms with Gasteiger partial charge in [0, 0.05) is 8.95 Å². The minimum Gasteiger partial charge on any atom is -0.489 e. The smallest absolute Gasteiger partial charge is 0.161 e. The minimum atomic E-state index is 0.518. The maximum absolute atomic E-state index is 6.72. The van der Waals surface area contributed by atoms with E-state index in [1.54, 1.807) is 0 Å². The van der Waals surface area contributed by atoms with Crippen LogP contribution >= 0.6 is 31.9 Å². The zero-order valence-electron chi connectivity index (χ0n) is 36.5. The normalized spacial score (nSPS) is 13.6. The van der Waals surface area contributed by atoms with Gasteiger partial charge >= 0.3 is 0 Å². The molecule has 3 aromatic carbocycles. The summed E-state index contributed by atoms with van der Waals surface area (Å²) in [5.41, 5.74) is 4.41. The van der Waals surface area contributed by atoms with Gasteiger partial charge < -0.3 is 18.9 Å². The Labute approximate surface area is 359 Å². The lowest BCUT2D eigenvalue weighted by Crippen LogP contribution is -2.14. The monoisotopic (exact) mass is 898 g/mol. The fourth-order valence-electron chi connectivity index (χ4n) is 7.26. The molecule has 3 aromatic rings. The van der Waals surface area contributed by atoms with Gasteiger partial charge in [0.25, 0.3) is 0 Å². The third kappa shape index (κ3) is 15.9. The largest absolute Gasteiger partial charge is 0.489 e. The molecule has 0 N–H and O–H groups in total. The minimum absolute atomic E-state index is 0.518. The Kier molecular flexibility index (Phi) is 23.7. The molecule has 3 rings (SSSR count). The summed E-state index contributed by atoms with van der Waals surface area (Å²) in [6.45, 7) is 21.0. The third-order valence-electron chi connectivity index (χ3n) is 11.6. The predicted molar refractivity (Wildman–Crippen MR) is 248 cm³/mol. The quantitative estimate of drug-likeness (QED) is 0.0668. The predicted octanol–water partition coefficient (Wildman–Crippen LogP) is 16.9. The van der Waals surface area contributed by atoms with Gasteiger partial charge in [0.1, 0.15) is 0 Å². The van der Waals surface area contributed by atoms with E-state index in [4.69, 9.17) is 18.9 Å². The second-order valence-electron chi connectivity index (χ2n) is 16.0. The third-order valence-corrected chi connectivity index (χ3v) is 13.5. The first-order valence-electron chi connectivity index (χ1n) is 22.5. The van der Waals surface area contributed by atoms with Crippen molar-refractivity contribution in [3.8, 4) is 45.3 Å². The molecular weight excluding hydrogens is 824 g/mol. The van der Waals surface area contributed by atoms with Crippen LogP contribution in [0.4, 0.5) is 0 Å². The standard InChI is InChI=1S/C50H76Br2O4/c1-9-17-21-37(13-5)33-53-47-27-25-41(29-49(47)55-35-39(15-7)23-19-11-3)43-31-45(51)46(52)32-44(43)42-26-28-48(54-34-38(14-6)22-18-10-2)50(30-42)56-36-40(16-8)24-20-12-4/h25-32,37-40H,9-24,33-36H2,1-8H3. The molecule has 0 aliphatic rings. The van der Waals surface area contributed by atoms with Crippen LogP contribution in [0.3, 0.4) is 0 Å². The van der Waals surface area contributed by atoms with Crippen molar-refractivity contribution in [2.75, 3.05) is 26.4 Å². The first-order valence-corrected chi connectivity index (χ1v) is 24.1. The molecule has 314 valence electrons. The van der Waals surface area contributed by atoms with Crippen molar-refractivity contribution >= 4 is 31.9 Å². The van der Waals surface area contributed by atoms with E-state index in [0.717, 1.165) is 79.9 Å². The van der Waals surface area contributed by atoms with Crippen molar-refractivity contribution in [1.82, 2.24) is 0 Å². The Morgan fingerprint density at radius 3 is 0.946 bits per heavy atom. The first-order chi connectivity index (χ1) is 27.2. The van der Waals surface area contributed by atoms with Crippen molar-refractivity contribution in [3.05, 3.63) is 57.5 Å². The number of ether oxygens (including phenoxy) is 4. The van der Waals surface area contributed by atoms with Crippen molar-refractivity contribution in [1.29, 1.82) is 0 Å². The molecule has 0 radical (unpaired) electrons. The van der Waals surface area contributed by atoms with E-state index < -0.39 is 0 Å². The second-order valence-corrected chi connectivity index (χ2v) is 17.8. The van der Waals surface area contributed by atoms with Crippen molar-refractivity contribution in [3.63, 3.8) is 0 Å². The number of halogens is 2. The summed E-state index contributed by atoms with van der Waals surface area (Å²) < 4.78 is 28.6. The van der Waals surface area contributed by atoms with Gasteiger partial charge in [-0.1, -0.05) is 145 Å². The van der Waals surface area contributed by atoms with E-state index in [1.807, 2.05) is 0 Å². The summed E-state index contributed by atoms with van der Waals surface area (Å²) in [5, 5.41) is 0. The number of rotatable bonds is 30. The van der Waals surface area contributed by atoms with Crippen LogP contribution in [0.1, 0.15) is 158 Å². The summed E-state index contributed by atoms with van der Waals surface area (Å²) in [7, 11) is 0. The highest BCUT2D eigenvalue weighted by Gasteiger charge is 2.20. The average Bonchev–Trinajstić information content (AvgIpc) is 3.22. The fourth-order valence-corrected chi connectivity index (χ4v) is 7.95. The van der Waals surface area contributed by atoms with Gasteiger partial charge in [-0.15, -0.1) is 0 Å². The molecule has 4 nitrogen and oxygen atoms in total.